The summed E-state index contributed by atoms with van der Waals surface area (Å²) in [4.78, 5) is 12.1. The average molecular weight is 314 g/mol. The number of nitrogens with one attached hydrogen (secondary N) is 1. The molecule has 0 fully saturated rings. The van der Waals surface area contributed by atoms with Gasteiger partial charge < -0.3 is 4.74 Å². The minimum atomic E-state index is -0.524. The molecule has 0 saturated carbocycles. The monoisotopic (exact) mass is 314 g/mol. The van der Waals surface area contributed by atoms with Crippen molar-refractivity contribution in [3.8, 4) is 11.8 Å². The van der Waals surface area contributed by atoms with Crippen LogP contribution in [-0.2, 0) is 4.79 Å². The molecule has 1 amide bonds. The number of benzene rings is 1. The number of nitrogens with zero attached hydrogens (tertiary/aromatic N) is 3. The SMILES string of the molecule is CCCOc1ccccc1/C=C(\C#N)C(=O)Nc1nncs1. The lowest BCUT2D eigenvalue weighted by Gasteiger charge is -2.08. The number of amides is 1. The molecule has 0 bridgehead atoms. The zero-order valence-electron chi connectivity index (χ0n) is 11.9. The molecule has 2 aromatic rings. The summed E-state index contributed by atoms with van der Waals surface area (Å²) in [6.45, 7) is 2.58. The molecule has 112 valence electrons. The van der Waals surface area contributed by atoms with Gasteiger partial charge in [-0.05, 0) is 18.6 Å². The van der Waals surface area contributed by atoms with Crippen LogP contribution in [0.2, 0.25) is 0 Å². The van der Waals surface area contributed by atoms with Gasteiger partial charge in [0.15, 0.2) is 0 Å². The second-order valence-electron chi connectivity index (χ2n) is 4.25. The van der Waals surface area contributed by atoms with E-state index >= 15 is 0 Å². The van der Waals surface area contributed by atoms with E-state index in [1.807, 2.05) is 25.1 Å². The van der Waals surface area contributed by atoms with E-state index in [-0.39, 0.29) is 5.57 Å². The maximum Gasteiger partial charge on any atom is 0.268 e. The van der Waals surface area contributed by atoms with Gasteiger partial charge >= 0.3 is 0 Å². The minimum Gasteiger partial charge on any atom is -0.493 e. The molecule has 7 heteroatoms. The van der Waals surface area contributed by atoms with Crippen molar-refractivity contribution in [3.05, 3.63) is 40.9 Å². The number of nitriles is 1. The Morgan fingerprint density at radius 2 is 2.32 bits per heavy atom. The summed E-state index contributed by atoms with van der Waals surface area (Å²) in [7, 11) is 0. The molecule has 0 aliphatic rings. The van der Waals surface area contributed by atoms with Gasteiger partial charge in [-0.2, -0.15) is 5.26 Å². The smallest absolute Gasteiger partial charge is 0.268 e. The third-order valence-electron chi connectivity index (χ3n) is 2.63. The zero-order valence-corrected chi connectivity index (χ0v) is 12.8. The molecule has 1 heterocycles. The van der Waals surface area contributed by atoms with Gasteiger partial charge in [-0.1, -0.05) is 36.5 Å². The number of carbonyl (C=O) groups excluding carboxylic acids is 1. The first-order valence-corrected chi connectivity index (χ1v) is 7.53. The number of carbonyl (C=O) groups is 1. The predicted octanol–water partition coefficient (Wildman–Crippen LogP) is 2.87. The highest BCUT2D eigenvalue weighted by atomic mass is 32.1. The number of anilines is 1. The van der Waals surface area contributed by atoms with E-state index in [9.17, 15) is 10.1 Å². The standard InChI is InChI=1S/C15H14N4O2S/c1-2-7-21-13-6-4-3-5-11(13)8-12(9-16)14(20)18-15-19-17-10-22-15/h3-6,8,10H,2,7H2,1H3,(H,18,19,20)/b12-8+. The van der Waals surface area contributed by atoms with Gasteiger partial charge in [0.25, 0.3) is 5.91 Å². The Hall–Kier alpha value is -2.72. The molecular formula is C15H14N4O2S. The maximum absolute atomic E-state index is 12.1. The Labute approximate surface area is 132 Å². The van der Waals surface area contributed by atoms with E-state index in [0.717, 1.165) is 6.42 Å². The van der Waals surface area contributed by atoms with Gasteiger partial charge in [0.1, 0.15) is 22.9 Å². The van der Waals surface area contributed by atoms with Crippen LogP contribution in [0.4, 0.5) is 5.13 Å². The van der Waals surface area contributed by atoms with Gasteiger partial charge in [-0.15, -0.1) is 10.2 Å². The number of ether oxygens (including phenoxy) is 1. The van der Waals surface area contributed by atoms with Crippen molar-refractivity contribution in [3.63, 3.8) is 0 Å². The van der Waals surface area contributed by atoms with Crippen molar-refractivity contribution < 1.29 is 9.53 Å². The van der Waals surface area contributed by atoms with Gasteiger partial charge in [-0.25, -0.2) is 0 Å². The van der Waals surface area contributed by atoms with Crippen LogP contribution in [0.1, 0.15) is 18.9 Å². The van der Waals surface area contributed by atoms with Gasteiger partial charge in [-0.3, -0.25) is 10.1 Å². The molecular weight excluding hydrogens is 300 g/mol. The quantitative estimate of drug-likeness (QED) is 0.654. The van der Waals surface area contributed by atoms with E-state index in [1.165, 1.54) is 22.9 Å². The summed E-state index contributed by atoms with van der Waals surface area (Å²) in [5, 5.41) is 19.4. The van der Waals surface area contributed by atoms with Crippen molar-refractivity contribution in [2.24, 2.45) is 0 Å². The fourth-order valence-electron chi connectivity index (χ4n) is 1.64. The highest BCUT2D eigenvalue weighted by Crippen LogP contribution is 2.21. The molecule has 0 saturated heterocycles. The maximum atomic E-state index is 12.1. The Balaban J connectivity index is 2.21. The lowest BCUT2D eigenvalue weighted by Crippen LogP contribution is -2.13. The zero-order chi connectivity index (χ0) is 15.8. The molecule has 0 aliphatic heterocycles. The number of hydrogen-bond acceptors (Lipinski definition) is 6. The molecule has 0 radical (unpaired) electrons. The summed E-state index contributed by atoms with van der Waals surface area (Å²) in [6.07, 6.45) is 2.38. The van der Waals surface area contributed by atoms with Crippen LogP contribution >= 0.6 is 11.3 Å². The lowest BCUT2D eigenvalue weighted by atomic mass is 10.1. The van der Waals surface area contributed by atoms with E-state index in [0.29, 0.717) is 23.1 Å². The Morgan fingerprint density at radius 1 is 1.50 bits per heavy atom. The molecule has 6 nitrogen and oxygen atoms in total. The number of hydrogen-bond donors (Lipinski definition) is 1. The molecule has 22 heavy (non-hydrogen) atoms. The van der Waals surface area contributed by atoms with Gasteiger partial charge in [0.2, 0.25) is 5.13 Å². The number of rotatable bonds is 6. The van der Waals surface area contributed by atoms with Crippen molar-refractivity contribution >= 4 is 28.5 Å². The molecule has 0 atom stereocenters. The third-order valence-corrected chi connectivity index (χ3v) is 3.23. The topological polar surface area (TPSA) is 87.9 Å². The van der Waals surface area contributed by atoms with Gasteiger partial charge in [0, 0.05) is 5.56 Å². The number of para-hydroxylation sites is 1. The van der Waals surface area contributed by atoms with Crippen LogP contribution in [-0.4, -0.2) is 22.7 Å². The first-order valence-electron chi connectivity index (χ1n) is 6.65. The van der Waals surface area contributed by atoms with Crippen molar-refractivity contribution in [2.45, 2.75) is 13.3 Å². The largest absolute Gasteiger partial charge is 0.493 e. The van der Waals surface area contributed by atoms with Crippen molar-refractivity contribution in [1.29, 1.82) is 5.26 Å². The molecule has 1 N–H and O–H groups in total. The highest BCUT2D eigenvalue weighted by Gasteiger charge is 2.12. The van der Waals surface area contributed by atoms with Crippen molar-refractivity contribution in [2.75, 3.05) is 11.9 Å². The molecule has 1 aromatic carbocycles. The van der Waals surface area contributed by atoms with Gasteiger partial charge in [0.05, 0.1) is 6.61 Å². The Bertz CT molecular complexity index is 705. The van der Waals surface area contributed by atoms with E-state index in [4.69, 9.17) is 4.74 Å². The summed E-state index contributed by atoms with van der Waals surface area (Å²) in [6, 6.07) is 9.16. The summed E-state index contributed by atoms with van der Waals surface area (Å²) < 4.78 is 5.61. The molecule has 1 aromatic heterocycles. The fraction of sp³-hybridized carbons (Fsp3) is 0.200. The van der Waals surface area contributed by atoms with Crippen LogP contribution in [0.3, 0.4) is 0 Å². The predicted molar refractivity (Wildman–Crippen MR) is 84.4 cm³/mol. The second-order valence-corrected chi connectivity index (χ2v) is 5.09. The minimum absolute atomic E-state index is 0.0252. The van der Waals surface area contributed by atoms with Crippen molar-refractivity contribution in [1.82, 2.24) is 10.2 Å². The first kappa shape index (κ1) is 15.7. The number of aromatic nitrogens is 2. The van der Waals surface area contributed by atoms with Crippen LogP contribution in [0.5, 0.6) is 5.75 Å². The van der Waals surface area contributed by atoms with E-state index in [1.54, 1.807) is 12.1 Å². The summed E-state index contributed by atoms with van der Waals surface area (Å²) in [5.41, 5.74) is 2.15. The molecule has 0 aliphatic carbocycles. The van der Waals surface area contributed by atoms with Crippen LogP contribution in [0.15, 0.2) is 35.3 Å². The third kappa shape index (κ3) is 4.14. The highest BCUT2D eigenvalue weighted by molar-refractivity contribution is 7.13. The van der Waals surface area contributed by atoms with Crippen LogP contribution < -0.4 is 10.1 Å². The Kier molecular flexibility index (Phi) is 5.63. The fourth-order valence-corrected chi connectivity index (χ4v) is 2.08. The molecule has 2 rings (SSSR count). The molecule has 0 unspecified atom stereocenters. The van der Waals surface area contributed by atoms with Crippen LogP contribution in [0, 0.1) is 11.3 Å². The summed E-state index contributed by atoms with van der Waals surface area (Å²) in [5.74, 6) is 0.116. The second kappa shape index (κ2) is 7.90. The normalized spacial score (nSPS) is 10.8. The van der Waals surface area contributed by atoms with Crippen LogP contribution in [0.25, 0.3) is 6.08 Å². The Morgan fingerprint density at radius 3 is 3.00 bits per heavy atom. The lowest BCUT2D eigenvalue weighted by molar-refractivity contribution is -0.112. The van der Waals surface area contributed by atoms with E-state index < -0.39 is 5.91 Å². The molecule has 0 spiro atoms. The summed E-state index contributed by atoms with van der Waals surface area (Å²) >= 11 is 1.18. The first-order chi connectivity index (χ1) is 10.7. The average Bonchev–Trinajstić information content (AvgIpc) is 3.04. The van der Waals surface area contributed by atoms with E-state index in [2.05, 4.69) is 15.5 Å².